The number of aryl methyl sites for hydroxylation is 1. The van der Waals surface area contributed by atoms with Crippen molar-refractivity contribution < 1.29 is 4.79 Å². The van der Waals surface area contributed by atoms with Crippen molar-refractivity contribution >= 4 is 21.8 Å². The molecule has 0 bridgehead atoms. The maximum atomic E-state index is 12.1. The molecular weight excluding hydrogens is 292 g/mol. The molecule has 1 unspecified atom stereocenters. The van der Waals surface area contributed by atoms with Gasteiger partial charge in [-0.2, -0.15) is 0 Å². The number of rotatable bonds is 5. The maximum Gasteiger partial charge on any atom is 0.226 e. The van der Waals surface area contributed by atoms with Crippen LogP contribution in [0.1, 0.15) is 18.1 Å². The van der Waals surface area contributed by atoms with Gasteiger partial charge in [-0.3, -0.25) is 4.79 Å². The number of nitrogens with two attached hydrogens (primary N) is 1. The Kier molecular flexibility index (Phi) is 5.82. The predicted octanol–water partition coefficient (Wildman–Crippen LogP) is 2.35. The van der Waals surface area contributed by atoms with E-state index >= 15 is 0 Å². The summed E-state index contributed by atoms with van der Waals surface area (Å²) >= 11 is 3.43. The molecule has 3 nitrogen and oxygen atoms in total. The fraction of sp³-hybridized carbons (Fsp3) is 0.500. The first-order chi connectivity index (χ1) is 8.43. The Morgan fingerprint density at radius 3 is 2.78 bits per heavy atom. The first-order valence-corrected chi connectivity index (χ1v) is 6.92. The van der Waals surface area contributed by atoms with Crippen LogP contribution in [0.2, 0.25) is 0 Å². The van der Waals surface area contributed by atoms with Crippen LogP contribution in [0, 0.1) is 12.8 Å². The van der Waals surface area contributed by atoms with Crippen LogP contribution in [0.3, 0.4) is 0 Å². The normalized spacial score (nSPS) is 12.3. The van der Waals surface area contributed by atoms with Gasteiger partial charge >= 0.3 is 0 Å². The molecule has 1 aromatic rings. The molecular formula is C14H21BrN2O. The number of benzene rings is 1. The second kappa shape index (κ2) is 6.90. The van der Waals surface area contributed by atoms with Crippen LogP contribution in [0.5, 0.6) is 0 Å². The maximum absolute atomic E-state index is 12.1. The molecule has 1 rings (SSSR count). The fourth-order valence-electron chi connectivity index (χ4n) is 1.77. The number of likely N-dealkylation sites (N-methyl/N-ethyl adjacent to an activating group) is 1. The quantitative estimate of drug-likeness (QED) is 0.907. The standard InChI is InChI=1S/C14H21BrN2O/c1-10(8-16)9-17(3)14(18)7-12-6-13(15)5-4-11(12)2/h4-6,10H,7-9,16H2,1-3H3. The molecule has 1 amide bonds. The minimum Gasteiger partial charge on any atom is -0.345 e. The van der Waals surface area contributed by atoms with Gasteiger partial charge < -0.3 is 10.6 Å². The number of carbonyl (C=O) groups is 1. The summed E-state index contributed by atoms with van der Waals surface area (Å²) in [6.07, 6.45) is 0.444. The van der Waals surface area contributed by atoms with Gasteiger partial charge in [-0.05, 0) is 42.6 Å². The van der Waals surface area contributed by atoms with E-state index in [2.05, 4.69) is 15.9 Å². The van der Waals surface area contributed by atoms with Crippen LogP contribution in [0.4, 0.5) is 0 Å². The average Bonchev–Trinajstić information content (AvgIpc) is 2.33. The van der Waals surface area contributed by atoms with Gasteiger partial charge in [0, 0.05) is 18.1 Å². The number of nitrogens with zero attached hydrogens (tertiary/aromatic N) is 1. The summed E-state index contributed by atoms with van der Waals surface area (Å²) in [7, 11) is 1.84. The summed E-state index contributed by atoms with van der Waals surface area (Å²) < 4.78 is 1.01. The summed E-state index contributed by atoms with van der Waals surface area (Å²) in [5.74, 6) is 0.471. The molecule has 0 aliphatic rings. The van der Waals surface area contributed by atoms with E-state index < -0.39 is 0 Å². The van der Waals surface area contributed by atoms with Crippen molar-refractivity contribution in [2.45, 2.75) is 20.3 Å². The summed E-state index contributed by atoms with van der Waals surface area (Å²) in [6, 6.07) is 6.02. The number of amides is 1. The van der Waals surface area contributed by atoms with Gasteiger partial charge in [0.2, 0.25) is 5.91 Å². The van der Waals surface area contributed by atoms with Crippen LogP contribution in [0.15, 0.2) is 22.7 Å². The van der Waals surface area contributed by atoms with Crippen LogP contribution < -0.4 is 5.73 Å². The minimum absolute atomic E-state index is 0.136. The number of carbonyl (C=O) groups excluding carboxylic acids is 1. The van der Waals surface area contributed by atoms with E-state index in [1.54, 1.807) is 4.90 Å². The molecule has 0 spiro atoms. The van der Waals surface area contributed by atoms with Gasteiger partial charge in [0.25, 0.3) is 0 Å². The minimum atomic E-state index is 0.136. The molecule has 0 aliphatic heterocycles. The number of hydrogen-bond acceptors (Lipinski definition) is 2. The lowest BCUT2D eigenvalue weighted by atomic mass is 10.0. The highest BCUT2D eigenvalue weighted by atomic mass is 79.9. The molecule has 2 N–H and O–H groups in total. The summed E-state index contributed by atoms with van der Waals surface area (Å²) in [5, 5.41) is 0. The van der Waals surface area contributed by atoms with Crippen LogP contribution >= 0.6 is 15.9 Å². The molecule has 100 valence electrons. The topological polar surface area (TPSA) is 46.3 Å². The zero-order valence-corrected chi connectivity index (χ0v) is 12.8. The third-order valence-corrected chi connectivity index (χ3v) is 3.56. The molecule has 1 atom stereocenters. The van der Waals surface area contributed by atoms with E-state index in [1.807, 2.05) is 39.1 Å². The van der Waals surface area contributed by atoms with Crippen molar-refractivity contribution in [3.8, 4) is 0 Å². The fourth-order valence-corrected chi connectivity index (χ4v) is 2.18. The SMILES string of the molecule is Cc1ccc(Br)cc1CC(=O)N(C)CC(C)CN. The molecule has 0 saturated carbocycles. The predicted molar refractivity (Wildman–Crippen MR) is 78.4 cm³/mol. The van der Waals surface area contributed by atoms with E-state index in [0.717, 1.165) is 15.6 Å². The molecule has 0 aliphatic carbocycles. The van der Waals surface area contributed by atoms with Crippen molar-refractivity contribution in [2.24, 2.45) is 11.7 Å². The van der Waals surface area contributed by atoms with Crippen LogP contribution in [-0.2, 0) is 11.2 Å². The third kappa shape index (κ3) is 4.42. The number of halogens is 1. The van der Waals surface area contributed by atoms with Gasteiger partial charge in [-0.1, -0.05) is 28.9 Å². The zero-order chi connectivity index (χ0) is 13.7. The van der Waals surface area contributed by atoms with Gasteiger partial charge in [0.05, 0.1) is 6.42 Å². The highest BCUT2D eigenvalue weighted by molar-refractivity contribution is 9.10. The Balaban J connectivity index is 2.66. The molecule has 0 saturated heterocycles. The van der Waals surface area contributed by atoms with Gasteiger partial charge in [-0.15, -0.1) is 0 Å². The van der Waals surface area contributed by atoms with Crippen LogP contribution in [-0.4, -0.2) is 30.9 Å². The molecule has 0 radical (unpaired) electrons. The molecule has 1 aromatic carbocycles. The largest absolute Gasteiger partial charge is 0.345 e. The van der Waals surface area contributed by atoms with E-state index in [1.165, 1.54) is 0 Å². The van der Waals surface area contributed by atoms with Crippen molar-refractivity contribution in [1.29, 1.82) is 0 Å². The van der Waals surface area contributed by atoms with E-state index in [4.69, 9.17) is 5.73 Å². The average molecular weight is 313 g/mol. The smallest absolute Gasteiger partial charge is 0.226 e. The van der Waals surface area contributed by atoms with Crippen molar-refractivity contribution in [3.63, 3.8) is 0 Å². The van der Waals surface area contributed by atoms with Crippen molar-refractivity contribution in [2.75, 3.05) is 20.1 Å². The zero-order valence-electron chi connectivity index (χ0n) is 11.2. The third-order valence-electron chi connectivity index (χ3n) is 3.07. The van der Waals surface area contributed by atoms with E-state index in [-0.39, 0.29) is 5.91 Å². The van der Waals surface area contributed by atoms with Gasteiger partial charge in [-0.25, -0.2) is 0 Å². The Labute approximate surface area is 117 Å². The number of hydrogen-bond donors (Lipinski definition) is 1. The molecule has 0 fully saturated rings. The molecule has 18 heavy (non-hydrogen) atoms. The summed E-state index contributed by atoms with van der Waals surface area (Å²) in [4.78, 5) is 13.9. The van der Waals surface area contributed by atoms with E-state index in [0.29, 0.717) is 25.4 Å². The Morgan fingerprint density at radius 1 is 1.50 bits per heavy atom. The van der Waals surface area contributed by atoms with Gasteiger partial charge in [0.1, 0.15) is 0 Å². The summed E-state index contributed by atoms with van der Waals surface area (Å²) in [5.41, 5.74) is 7.79. The highest BCUT2D eigenvalue weighted by Gasteiger charge is 2.13. The second-order valence-electron chi connectivity index (χ2n) is 4.86. The molecule has 0 heterocycles. The molecule has 0 aromatic heterocycles. The lowest BCUT2D eigenvalue weighted by molar-refractivity contribution is -0.129. The molecule has 4 heteroatoms. The Morgan fingerprint density at radius 2 is 2.17 bits per heavy atom. The first-order valence-electron chi connectivity index (χ1n) is 6.13. The Hall–Kier alpha value is -0.870. The van der Waals surface area contributed by atoms with Crippen molar-refractivity contribution in [3.05, 3.63) is 33.8 Å². The monoisotopic (exact) mass is 312 g/mol. The van der Waals surface area contributed by atoms with Crippen LogP contribution in [0.25, 0.3) is 0 Å². The Bertz CT molecular complexity index is 420. The second-order valence-corrected chi connectivity index (χ2v) is 5.78. The lowest BCUT2D eigenvalue weighted by Gasteiger charge is -2.21. The first kappa shape index (κ1) is 15.2. The van der Waals surface area contributed by atoms with E-state index in [9.17, 15) is 4.79 Å². The van der Waals surface area contributed by atoms with Crippen molar-refractivity contribution in [1.82, 2.24) is 4.90 Å². The lowest BCUT2D eigenvalue weighted by Crippen LogP contribution is -2.34. The van der Waals surface area contributed by atoms with Gasteiger partial charge in [0.15, 0.2) is 0 Å². The summed E-state index contributed by atoms with van der Waals surface area (Å²) in [6.45, 7) is 5.39. The highest BCUT2D eigenvalue weighted by Crippen LogP contribution is 2.17.